The van der Waals surface area contributed by atoms with Gasteiger partial charge >= 0.3 is 5.97 Å². The maximum absolute atomic E-state index is 12.5. The van der Waals surface area contributed by atoms with Gasteiger partial charge in [0.2, 0.25) is 5.91 Å². The number of carbonyl (C=O) groups is 3. The highest BCUT2D eigenvalue weighted by Gasteiger charge is 2.15. The number of carbonyl (C=O) groups excluding carboxylic acids is 2. The molecule has 0 atom stereocenters. The topological polar surface area (TPSA) is 108 Å². The third kappa shape index (κ3) is 4.78. The van der Waals surface area contributed by atoms with E-state index in [0.717, 1.165) is 4.70 Å². The molecule has 1 aromatic heterocycles. The molecule has 3 aromatic rings. The Hall–Kier alpha value is -2.68. The fourth-order valence-corrected chi connectivity index (χ4v) is 3.86. The number of aromatic nitrogens is 1. The van der Waals surface area contributed by atoms with Gasteiger partial charge in [-0.15, -0.1) is 0 Å². The van der Waals surface area contributed by atoms with Crippen LogP contribution in [0.25, 0.3) is 10.2 Å². The summed E-state index contributed by atoms with van der Waals surface area (Å²) in [5.74, 6) is -1.91. The number of carboxylic acid groups (broad SMARTS) is 1. The Morgan fingerprint density at radius 1 is 1.04 bits per heavy atom. The Morgan fingerprint density at radius 2 is 1.75 bits per heavy atom. The molecule has 0 aliphatic rings. The molecule has 0 aliphatic heterocycles. The molecule has 0 aliphatic carbocycles. The lowest BCUT2D eigenvalue weighted by atomic mass is 10.2. The number of benzene rings is 2. The summed E-state index contributed by atoms with van der Waals surface area (Å²) in [5, 5.41) is 14.8. The molecule has 0 bridgehead atoms. The van der Waals surface area contributed by atoms with Gasteiger partial charge in [-0.3, -0.25) is 14.4 Å². The standard InChI is InChI=1S/C18H13Cl2N3O4S/c19-10-2-1-3-11(20)16(10)17(27)21-9-4-5-12-13(8-9)28-18(22-12)23-14(24)6-7-15(25)26/h1-5,8H,6-7H2,(H,21,27)(H,25,26)(H,22,23,24). The second kappa shape index (κ2) is 8.55. The van der Waals surface area contributed by atoms with Gasteiger partial charge in [-0.2, -0.15) is 0 Å². The van der Waals surface area contributed by atoms with E-state index in [-0.39, 0.29) is 28.5 Å². The van der Waals surface area contributed by atoms with Gasteiger partial charge in [-0.1, -0.05) is 40.6 Å². The SMILES string of the molecule is O=C(O)CCC(=O)Nc1nc2ccc(NC(=O)c3c(Cl)cccc3Cl)cc2s1. The van der Waals surface area contributed by atoms with Gasteiger partial charge in [0.1, 0.15) is 0 Å². The van der Waals surface area contributed by atoms with Crippen LogP contribution in [0.2, 0.25) is 10.0 Å². The summed E-state index contributed by atoms with van der Waals surface area (Å²) in [7, 11) is 0. The minimum Gasteiger partial charge on any atom is -0.481 e. The van der Waals surface area contributed by atoms with Crippen molar-refractivity contribution in [3.63, 3.8) is 0 Å². The van der Waals surface area contributed by atoms with E-state index in [1.807, 2.05) is 0 Å². The summed E-state index contributed by atoms with van der Waals surface area (Å²) in [6.07, 6.45) is -0.386. The first kappa shape index (κ1) is 20.1. The van der Waals surface area contributed by atoms with Crippen LogP contribution in [-0.2, 0) is 9.59 Å². The van der Waals surface area contributed by atoms with Crippen LogP contribution < -0.4 is 10.6 Å². The molecule has 1 heterocycles. The van der Waals surface area contributed by atoms with Crippen LogP contribution in [0, 0.1) is 0 Å². The molecule has 2 aromatic carbocycles. The van der Waals surface area contributed by atoms with Gasteiger partial charge in [0.15, 0.2) is 5.13 Å². The molecule has 3 N–H and O–H groups in total. The van der Waals surface area contributed by atoms with E-state index in [1.54, 1.807) is 36.4 Å². The molecule has 0 saturated carbocycles. The number of carboxylic acids is 1. The summed E-state index contributed by atoms with van der Waals surface area (Å²) in [4.78, 5) is 39.0. The van der Waals surface area contributed by atoms with Crippen molar-refractivity contribution in [1.29, 1.82) is 0 Å². The van der Waals surface area contributed by atoms with E-state index < -0.39 is 17.8 Å². The van der Waals surface area contributed by atoms with Crippen LogP contribution in [0.1, 0.15) is 23.2 Å². The van der Waals surface area contributed by atoms with Crippen molar-refractivity contribution in [3.05, 3.63) is 52.0 Å². The first-order valence-electron chi connectivity index (χ1n) is 8.01. The Kier molecular flexibility index (Phi) is 6.13. The second-order valence-corrected chi connectivity index (χ2v) is 7.54. The van der Waals surface area contributed by atoms with E-state index in [2.05, 4.69) is 15.6 Å². The van der Waals surface area contributed by atoms with E-state index >= 15 is 0 Å². The lowest BCUT2D eigenvalue weighted by Crippen LogP contribution is -2.13. The van der Waals surface area contributed by atoms with Crippen molar-refractivity contribution in [2.24, 2.45) is 0 Å². The number of nitrogens with zero attached hydrogens (tertiary/aromatic N) is 1. The third-order valence-electron chi connectivity index (χ3n) is 3.65. The number of nitrogens with one attached hydrogen (secondary N) is 2. The van der Waals surface area contributed by atoms with E-state index in [0.29, 0.717) is 16.3 Å². The van der Waals surface area contributed by atoms with Crippen molar-refractivity contribution in [1.82, 2.24) is 4.98 Å². The zero-order valence-corrected chi connectivity index (χ0v) is 16.5. The number of hydrogen-bond acceptors (Lipinski definition) is 5. The van der Waals surface area contributed by atoms with Gasteiger partial charge in [0.05, 0.1) is 32.2 Å². The lowest BCUT2D eigenvalue weighted by molar-refractivity contribution is -0.138. The summed E-state index contributed by atoms with van der Waals surface area (Å²) in [5.41, 5.74) is 1.33. The predicted octanol–water partition coefficient (Wildman–Crippen LogP) is 4.66. The average Bonchev–Trinajstić information content (AvgIpc) is 3.01. The van der Waals surface area contributed by atoms with Crippen LogP contribution >= 0.6 is 34.5 Å². The smallest absolute Gasteiger partial charge is 0.303 e. The normalized spacial score (nSPS) is 10.6. The highest BCUT2D eigenvalue weighted by atomic mass is 35.5. The summed E-state index contributed by atoms with van der Waals surface area (Å²) in [6, 6.07) is 9.88. The molecule has 144 valence electrons. The second-order valence-electron chi connectivity index (χ2n) is 5.69. The largest absolute Gasteiger partial charge is 0.481 e. The average molecular weight is 438 g/mol. The van der Waals surface area contributed by atoms with Gasteiger partial charge < -0.3 is 15.7 Å². The molecule has 2 amide bonds. The molecule has 0 radical (unpaired) electrons. The van der Waals surface area contributed by atoms with E-state index in [1.165, 1.54) is 11.3 Å². The number of anilines is 2. The van der Waals surface area contributed by atoms with E-state index in [9.17, 15) is 14.4 Å². The minimum atomic E-state index is -1.04. The first-order chi connectivity index (χ1) is 13.3. The Morgan fingerprint density at radius 3 is 2.43 bits per heavy atom. The fraction of sp³-hybridized carbons (Fsp3) is 0.111. The molecule has 0 fully saturated rings. The van der Waals surface area contributed by atoms with Crippen molar-refractivity contribution in [2.45, 2.75) is 12.8 Å². The van der Waals surface area contributed by atoms with Gasteiger partial charge in [0, 0.05) is 12.1 Å². The maximum atomic E-state index is 12.5. The van der Waals surface area contributed by atoms with Crippen molar-refractivity contribution >= 4 is 73.4 Å². The third-order valence-corrected chi connectivity index (χ3v) is 5.21. The van der Waals surface area contributed by atoms with Crippen molar-refractivity contribution in [3.8, 4) is 0 Å². The van der Waals surface area contributed by atoms with Crippen LogP contribution in [-0.4, -0.2) is 27.9 Å². The van der Waals surface area contributed by atoms with Crippen molar-refractivity contribution < 1.29 is 19.5 Å². The van der Waals surface area contributed by atoms with Gasteiger partial charge in [-0.05, 0) is 30.3 Å². The quantitative estimate of drug-likeness (QED) is 0.519. The highest BCUT2D eigenvalue weighted by molar-refractivity contribution is 7.22. The molecule has 28 heavy (non-hydrogen) atoms. The number of rotatable bonds is 6. The summed E-state index contributed by atoms with van der Waals surface area (Å²) in [6.45, 7) is 0. The molecule has 7 nitrogen and oxygen atoms in total. The molecule has 0 unspecified atom stereocenters. The van der Waals surface area contributed by atoms with Gasteiger partial charge in [-0.25, -0.2) is 4.98 Å². The Labute approximate surface area is 173 Å². The number of fused-ring (bicyclic) bond motifs is 1. The number of amides is 2. The summed E-state index contributed by atoms with van der Waals surface area (Å²) < 4.78 is 0.733. The van der Waals surface area contributed by atoms with E-state index in [4.69, 9.17) is 28.3 Å². The molecular formula is C18H13Cl2N3O4S. The predicted molar refractivity (Wildman–Crippen MR) is 110 cm³/mol. The number of thiazole rings is 1. The van der Waals surface area contributed by atoms with Crippen LogP contribution in [0.15, 0.2) is 36.4 Å². The molecular weight excluding hydrogens is 425 g/mol. The summed E-state index contributed by atoms with van der Waals surface area (Å²) >= 11 is 13.3. The molecule has 10 heteroatoms. The lowest BCUT2D eigenvalue weighted by Gasteiger charge is -2.08. The maximum Gasteiger partial charge on any atom is 0.303 e. The molecule has 0 spiro atoms. The number of aliphatic carboxylic acids is 1. The van der Waals surface area contributed by atoms with Crippen LogP contribution in [0.4, 0.5) is 10.8 Å². The Bertz CT molecular complexity index is 1060. The van der Waals surface area contributed by atoms with Crippen LogP contribution in [0.3, 0.4) is 0 Å². The van der Waals surface area contributed by atoms with Crippen LogP contribution in [0.5, 0.6) is 0 Å². The fourth-order valence-electron chi connectivity index (χ4n) is 2.37. The van der Waals surface area contributed by atoms with Gasteiger partial charge in [0.25, 0.3) is 5.91 Å². The zero-order chi connectivity index (χ0) is 20.3. The van der Waals surface area contributed by atoms with Crippen molar-refractivity contribution in [2.75, 3.05) is 10.6 Å². The molecule has 0 saturated heterocycles. The molecule has 3 rings (SSSR count). The minimum absolute atomic E-state index is 0.134. The number of hydrogen-bond donors (Lipinski definition) is 3. The zero-order valence-electron chi connectivity index (χ0n) is 14.2. The Balaban J connectivity index is 1.75. The first-order valence-corrected chi connectivity index (χ1v) is 9.58. The number of halogens is 2. The monoisotopic (exact) mass is 437 g/mol. The highest BCUT2D eigenvalue weighted by Crippen LogP contribution is 2.30.